The Balaban J connectivity index is 2.04. The highest BCUT2D eigenvalue weighted by Crippen LogP contribution is 2.25. The van der Waals surface area contributed by atoms with Crippen LogP contribution >= 0.6 is 11.8 Å². The predicted octanol–water partition coefficient (Wildman–Crippen LogP) is 1.01. The van der Waals surface area contributed by atoms with E-state index in [-0.39, 0.29) is 5.91 Å². The highest BCUT2D eigenvalue weighted by atomic mass is 32.2. The van der Waals surface area contributed by atoms with E-state index >= 15 is 0 Å². The maximum Gasteiger partial charge on any atom is 0.283 e. The average Bonchev–Trinajstić information content (AvgIpc) is 2.37. The van der Waals surface area contributed by atoms with Crippen LogP contribution in [0.4, 0.5) is 0 Å². The lowest BCUT2D eigenvalue weighted by Gasteiger charge is -2.34. The number of aromatic nitrogens is 1. The number of nitrogens with one attached hydrogen (secondary N) is 1. The average molecular weight is 280 g/mol. The van der Waals surface area contributed by atoms with Crippen molar-refractivity contribution >= 4 is 17.7 Å². The largest absolute Gasteiger partial charge is 0.295 e. The van der Waals surface area contributed by atoms with Gasteiger partial charge in [0.05, 0.1) is 5.69 Å². The number of hydrogen-bond acceptors (Lipinski definition) is 5. The lowest BCUT2D eigenvalue weighted by Crippen LogP contribution is -2.40. The molecule has 0 radical (unpaired) electrons. The van der Waals surface area contributed by atoms with Crippen molar-refractivity contribution in [2.45, 2.75) is 30.9 Å². The van der Waals surface area contributed by atoms with Gasteiger partial charge in [0.15, 0.2) is 0 Å². The van der Waals surface area contributed by atoms with E-state index in [1.54, 1.807) is 6.07 Å². The molecular weight excluding hydrogens is 260 g/mol. The van der Waals surface area contributed by atoms with Crippen LogP contribution in [0.5, 0.6) is 0 Å². The Morgan fingerprint density at radius 3 is 2.79 bits per heavy atom. The van der Waals surface area contributed by atoms with Gasteiger partial charge in [-0.25, -0.2) is 10.8 Å². The smallest absolute Gasteiger partial charge is 0.283 e. The van der Waals surface area contributed by atoms with Crippen LogP contribution in [0.3, 0.4) is 0 Å². The van der Waals surface area contributed by atoms with Crippen molar-refractivity contribution in [2.75, 3.05) is 13.1 Å². The van der Waals surface area contributed by atoms with Gasteiger partial charge in [0, 0.05) is 30.1 Å². The van der Waals surface area contributed by atoms with Gasteiger partial charge in [0.1, 0.15) is 5.69 Å². The van der Waals surface area contributed by atoms with Gasteiger partial charge in [-0.2, -0.15) is 11.8 Å². The minimum absolute atomic E-state index is 0.349. The molecule has 0 aliphatic carbocycles. The van der Waals surface area contributed by atoms with Gasteiger partial charge in [-0.15, -0.1) is 0 Å². The summed E-state index contributed by atoms with van der Waals surface area (Å²) in [4.78, 5) is 18.2. The number of nitrogen functional groups attached to an aromatic ring is 1. The van der Waals surface area contributed by atoms with Crippen molar-refractivity contribution in [1.82, 2.24) is 15.3 Å². The first-order chi connectivity index (χ1) is 9.08. The summed E-state index contributed by atoms with van der Waals surface area (Å²) in [7, 11) is 0. The Hall–Kier alpha value is -1.11. The third kappa shape index (κ3) is 3.92. The third-order valence-corrected chi connectivity index (χ3v) is 4.28. The fourth-order valence-electron chi connectivity index (χ4n) is 2.41. The quantitative estimate of drug-likeness (QED) is 0.491. The van der Waals surface area contributed by atoms with E-state index in [1.165, 1.54) is 0 Å². The molecule has 1 saturated heterocycles. The molecule has 1 fully saturated rings. The van der Waals surface area contributed by atoms with Gasteiger partial charge in [-0.3, -0.25) is 15.1 Å². The topological polar surface area (TPSA) is 71.2 Å². The SMILES string of the molecule is CC1CN(Cc2cccc(C(=O)NN)n2)CC(C)S1. The van der Waals surface area contributed by atoms with Gasteiger partial charge in [0.25, 0.3) is 5.91 Å². The minimum atomic E-state index is -0.349. The van der Waals surface area contributed by atoms with Crippen LogP contribution in [-0.4, -0.2) is 39.4 Å². The molecule has 1 amide bonds. The maximum absolute atomic E-state index is 11.4. The summed E-state index contributed by atoms with van der Waals surface area (Å²) in [5, 5.41) is 1.28. The Kier molecular flexibility index (Phi) is 4.79. The van der Waals surface area contributed by atoms with Gasteiger partial charge in [0.2, 0.25) is 0 Å². The third-order valence-electron chi connectivity index (χ3n) is 3.05. The lowest BCUT2D eigenvalue weighted by molar-refractivity contribution is 0.0948. The fraction of sp³-hybridized carbons (Fsp3) is 0.538. The van der Waals surface area contributed by atoms with Crippen molar-refractivity contribution in [3.8, 4) is 0 Å². The molecule has 19 heavy (non-hydrogen) atoms. The van der Waals surface area contributed by atoms with Crippen molar-refractivity contribution in [2.24, 2.45) is 5.84 Å². The van der Waals surface area contributed by atoms with E-state index in [0.717, 1.165) is 25.3 Å². The van der Waals surface area contributed by atoms with E-state index in [4.69, 9.17) is 5.84 Å². The first-order valence-corrected chi connectivity index (χ1v) is 7.37. The Bertz CT molecular complexity index is 444. The number of pyridine rings is 1. The molecule has 104 valence electrons. The second-order valence-corrected chi connectivity index (χ2v) is 6.82. The summed E-state index contributed by atoms with van der Waals surface area (Å²) in [6.45, 7) is 7.40. The summed E-state index contributed by atoms with van der Waals surface area (Å²) in [6, 6.07) is 5.46. The molecule has 1 aliphatic heterocycles. The molecule has 0 aromatic carbocycles. The van der Waals surface area contributed by atoms with Crippen LogP contribution in [-0.2, 0) is 6.54 Å². The van der Waals surface area contributed by atoms with E-state index in [0.29, 0.717) is 16.2 Å². The molecule has 0 spiro atoms. The Morgan fingerprint density at radius 2 is 2.16 bits per heavy atom. The van der Waals surface area contributed by atoms with E-state index in [9.17, 15) is 4.79 Å². The zero-order valence-corrected chi connectivity index (χ0v) is 12.1. The molecule has 1 aliphatic rings. The highest BCUT2D eigenvalue weighted by Gasteiger charge is 2.22. The van der Waals surface area contributed by atoms with Crippen LogP contribution in [0.1, 0.15) is 30.0 Å². The molecule has 5 nitrogen and oxygen atoms in total. The normalized spacial score (nSPS) is 24.2. The molecule has 1 aromatic rings. The standard InChI is InChI=1S/C13H20N4OS/c1-9-6-17(7-10(2)19-9)8-11-4-3-5-12(15-11)13(18)16-14/h3-5,9-10H,6-8,14H2,1-2H3,(H,16,18). The Morgan fingerprint density at radius 1 is 1.47 bits per heavy atom. The van der Waals surface area contributed by atoms with Crippen molar-refractivity contribution in [1.29, 1.82) is 0 Å². The first kappa shape index (κ1) is 14.3. The summed E-state index contributed by atoms with van der Waals surface area (Å²) < 4.78 is 0. The number of carbonyl (C=O) groups is 1. The molecule has 6 heteroatoms. The van der Waals surface area contributed by atoms with Gasteiger partial charge >= 0.3 is 0 Å². The molecule has 0 bridgehead atoms. The number of hydrogen-bond donors (Lipinski definition) is 2. The highest BCUT2D eigenvalue weighted by molar-refractivity contribution is 8.00. The molecule has 2 rings (SSSR count). The molecule has 3 N–H and O–H groups in total. The molecule has 2 unspecified atom stereocenters. The number of carbonyl (C=O) groups excluding carboxylic acids is 1. The fourth-order valence-corrected chi connectivity index (χ4v) is 3.80. The van der Waals surface area contributed by atoms with Gasteiger partial charge < -0.3 is 0 Å². The molecule has 2 atom stereocenters. The lowest BCUT2D eigenvalue weighted by atomic mass is 10.2. The minimum Gasteiger partial charge on any atom is -0.295 e. The van der Waals surface area contributed by atoms with Crippen LogP contribution in [0.25, 0.3) is 0 Å². The van der Waals surface area contributed by atoms with Gasteiger partial charge in [-0.05, 0) is 12.1 Å². The number of hydrazine groups is 1. The number of nitrogens with zero attached hydrogens (tertiary/aromatic N) is 2. The van der Waals surface area contributed by atoms with Crippen LogP contribution < -0.4 is 11.3 Å². The monoisotopic (exact) mass is 280 g/mol. The number of rotatable bonds is 3. The zero-order valence-electron chi connectivity index (χ0n) is 11.3. The maximum atomic E-state index is 11.4. The summed E-state index contributed by atoms with van der Waals surface area (Å²) in [6.07, 6.45) is 0. The molecule has 2 heterocycles. The van der Waals surface area contributed by atoms with Crippen LogP contribution in [0.15, 0.2) is 18.2 Å². The second-order valence-electron chi connectivity index (χ2n) is 4.94. The molecule has 1 aromatic heterocycles. The molecular formula is C13H20N4OS. The second kappa shape index (κ2) is 6.36. The summed E-state index contributed by atoms with van der Waals surface area (Å²) >= 11 is 2.02. The van der Waals surface area contributed by atoms with E-state index < -0.39 is 0 Å². The zero-order chi connectivity index (χ0) is 13.8. The van der Waals surface area contributed by atoms with Crippen LogP contribution in [0, 0.1) is 0 Å². The van der Waals surface area contributed by atoms with E-state index in [1.807, 2.05) is 23.9 Å². The van der Waals surface area contributed by atoms with Crippen molar-refractivity contribution < 1.29 is 4.79 Å². The number of amides is 1. The van der Waals surface area contributed by atoms with E-state index in [2.05, 4.69) is 29.2 Å². The van der Waals surface area contributed by atoms with Crippen molar-refractivity contribution in [3.63, 3.8) is 0 Å². The first-order valence-electron chi connectivity index (χ1n) is 6.43. The predicted molar refractivity (Wildman–Crippen MR) is 77.7 cm³/mol. The molecule has 0 saturated carbocycles. The van der Waals surface area contributed by atoms with Gasteiger partial charge in [-0.1, -0.05) is 19.9 Å². The summed E-state index contributed by atoms with van der Waals surface area (Å²) in [5.74, 6) is 4.77. The number of thioether (sulfide) groups is 1. The summed E-state index contributed by atoms with van der Waals surface area (Å²) in [5.41, 5.74) is 3.39. The number of nitrogens with two attached hydrogens (primary N) is 1. The van der Waals surface area contributed by atoms with Crippen LogP contribution in [0.2, 0.25) is 0 Å². The van der Waals surface area contributed by atoms with Crippen molar-refractivity contribution in [3.05, 3.63) is 29.6 Å². The Labute approximate surface area is 117 Å².